The van der Waals surface area contributed by atoms with Crippen LogP contribution in [0, 0.1) is 0 Å². The highest BCUT2D eigenvalue weighted by Gasteiger charge is 2.58. The molecular formula is C26H23N3O. The number of hydrogen-bond acceptors (Lipinski definition) is 2. The molecule has 4 aromatic rings. The Morgan fingerprint density at radius 2 is 1.67 bits per heavy atom. The predicted molar refractivity (Wildman–Crippen MR) is 119 cm³/mol. The molecule has 0 unspecified atom stereocenters. The molecule has 0 saturated heterocycles. The van der Waals surface area contributed by atoms with Crippen LogP contribution in [-0.4, -0.2) is 29.4 Å². The van der Waals surface area contributed by atoms with Gasteiger partial charge in [-0.2, -0.15) is 0 Å². The van der Waals surface area contributed by atoms with Crippen molar-refractivity contribution in [3.63, 3.8) is 0 Å². The minimum Gasteiger partial charge on any atom is -0.356 e. The number of nitrogens with one attached hydrogen (secondary N) is 1. The molecule has 3 heterocycles. The number of para-hydroxylation sites is 2. The maximum Gasteiger partial charge on any atom is 0.258 e. The number of carbonyl (C=O) groups is 1. The first-order valence-corrected chi connectivity index (χ1v) is 10.5. The number of rotatable bonds is 2. The lowest BCUT2D eigenvalue weighted by Crippen LogP contribution is -2.56. The summed E-state index contributed by atoms with van der Waals surface area (Å²) in [5.74, 6) is 0.118. The van der Waals surface area contributed by atoms with Gasteiger partial charge in [-0.05, 0) is 29.7 Å². The first-order valence-electron chi connectivity index (χ1n) is 10.5. The highest BCUT2D eigenvalue weighted by atomic mass is 16.2. The first kappa shape index (κ1) is 17.5. The summed E-state index contributed by atoms with van der Waals surface area (Å²) in [5, 5.41) is 1.23. The molecular weight excluding hydrogens is 370 g/mol. The Morgan fingerprint density at radius 1 is 0.933 bits per heavy atom. The maximum atomic E-state index is 14.0. The fraction of sp³-hybridized carbons (Fsp3) is 0.192. The van der Waals surface area contributed by atoms with E-state index in [1.807, 2.05) is 30.1 Å². The molecule has 0 bridgehead atoms. The Kier molecular flexibility index (Phi) is 3.68. The van der Waals surface area contributed by atoms with Crippen LogP contribution in [-0.2, 0) is 23.3 Å². The number of benzene rings is 3. The normalized spacial score (nSPS) is 20.7. The molecule has 1 N–H and O–H groups in total. The average Bonchev–Trinajstić information content (AvgIpc) is 3.27. The molecule has 2 aliphatic rings. The van der Waals surface area contributed by atoms with Gasteiger partial charge in [0.05, 0.1) is 5.69 Å². The van der Waals surface area contributed by atoms with Gasteiger partial charge >= 0.3 is 0 Å². The van der Waals surface area contributed by atoms with Crippen LogP contribution in [0.5, 0.6) is 0 Å². The number of fused-ring (bicyclic) bond motifs is 6. The Hall–Kier alpha value is -3.37. The highest BCUT2D eigenvalue weighted by molar-refractivity contribution is 6.10. The van der Waals surface area contributed by atoms with Crippen molar-refractivity contribution in [2.24, 2.45) is 0 Å². The lowest BCUT2D eigenvalue weighted by atomic mass is 9.79. The smallest absolute Gasteiger partial charge is 0.258 e. The molecule has 0 radical (unpaired) electrons. The number of anilines is 1. The van der Waals surface area contributed by atoms with E-state index in [9.17, 15) is 4.79 Å². The van der Waals surface area contributed by atoms with Gasteiger partial charge in [0.25, 0.3) is 5.91 Å². The Labute approximate surface area is 175 Å². The third-order valence-electron chi connectivity index (χ3n) is 6.77. The van der Waals surface area contributed by atoms with E-state index in [2.05, 4.69) is 70.5 Å². The average molecular weight is 393 g/mol. The van der Waals surface area contributed by atoms with Crippen LogP contribution < -0.4 is 4.90 Å². The van der Waals surface area contributed by atoms with E-state index >= 15 is 0 Å². The molecule has 30 heavy (non-hydrogen) atoms. The minimum atomic E-state index is -0.826. The summed E-state index contributed by atoms with van der Waals surface area (Å²) in [4.78, 5) is 21.9. The summed E-state index contributed by atoms with van der Waals surface area (Å²) in [6.07, 6.45) is 0.924. The van der Waals surface area contributed by atoms with E-state index in [1.54, 1.807) is 0 Å². The molecule has 3 aromatic carbocycles. The molecule has 1 aromatic heterocycles. The van der Waals surface area contributed by atoms with Gasteiger partial charge in [0.15, 0.2) is 5.54 Å². The molecule has 0 fully saturated rings. The summed E-state index contributed by atoms with van der Waals surface area (Å²) in [6.45, 7) is 1.56. The van der Waals surface area contributed by atoms with E-state index in [-0.39, 0.29) is 5.91 Å². The van der Waals surface area contributed by atoms with Gasteiger partial charge in [-0.15, -0.1) is 0 Å². The van der Waals surface area contributed by atoms with Crippen LogP contribution in [0.2, 0.25) is 0 Å². The van der Waals surface area contributed by atoms with Gasteiger partial charge in [0.1, 0.15) is 0 Å². The second-order valence-corrected chi connectivity index (χ2v) is 8.27. The topological polar surface area (TPSA) is 39.3 Å². The SMILES string of the molecule is CN1C(=O)[C@]2(c3ccccc31)c1[nH]c3ccccc3c1CCN2Cc1ccccc1. The number of carbonyl (C=O) groups excluding carboxylic acids is 1. The van der Waals surface area contributed by atoms with Crippen molar-refractivity contribution in [2.45, 2.75) is 18.5 Å². The van der Waals surface area contributed by atoms with E-state index in [1.165, 1.54) is 16.5 Å². The van der Waals surface area contributed by atoms with Crippen LogP contribution in [0.1, 0.15) is 22.4 Å². The first-order chi connectivity index (χ1) is 14.7. The molecule has 6 rings (SSSR count). The Balaban J connectivity index is 1.64. The van der Waals surface area contributed by atoms with Crippen molar-refractivity contribution < 1.29 is 4.79 Å². The van der Waals surface area contributed by atoms with Gasteiger partial charge < -0.3 is 9.88 Å². The highest BCUT2D eigenvalue weighted by Crippen LogP contribution is 2.51. The molecule has 1 atom stereocenters. The monoisotopic (exact) mass is 393 g/mol. The van der Waals surface area contributed by atoms with Gasteiger partial charge in [-0.1, -0.05) is 66.7 Å². The molecule has 4 nitrogen and oxygen atoms in total. The maximum absolute atomic E-state index is 14.0. The molecule has 2 aliphatic heterocycles. The third kappa shape index (κ3) is 2.17. The summed E-state index contributed by atoms with van der Waals surface area (Å²) >= 11 is 0. The van der Waals surface area contributed by atoms with E-state index in [4.69, 9.17) is 0 Å². The molecule has 4 heteroatoms. The molecule has 1 amide bonds. The summed E-state index contributed by atoms with van der Waals surface area (Å²) in [6, 6.07) is 27.1. The molecule has 148 valence electrons. The number of aromatic amines is 1. The van der Waals surface area contributed by atoms with Crippen LogP contribution in [0.25, 0.3) is 10.9 Å². The van der Waals surface area contributed by atoms with E-state index < -0.39 is 5.54 Å². The lowest BCUT2D eigenvalue weighted by molar-refractivity contribution is -0.128. The second-order valence-electron chi connectivity index (χ2n) is 8.27. The summed E-state index contributed by atoms with van der Waals surface area (Å²) in [7, 11) is 1.90. The van der Waals surface area contributed by atoms with Crippen LogP contribution in [0.4, 0.5) is 5.69 Å². The zero-order chi connectivity index (χ0) is 20.3. The quantitative estimate of drug-likeness (QED) is 0.547. The lowest BCUT2D eigenvalue weighted by Gasteiger charge is -2.43. The number of H-pyrrole nitrogens is 1. The van der Waals surface area contributed by atoms with Gasteiger partial charge in [-0.3, -0.25) is 9.69 Å². The molecule has 0 aliphatic carbocycles. The number of amides is 1. The number of nitrogens with zero attached hydrogens (tertiary/aromatic N) is 2. The fourth-order valence-electron chi connectivity index (χ4n) is 5.43. The second kappa shape index (κ2) is 6.31. The van der Waals surface area contributed by atoms with Crippen molar-refractivity contribution in [3.8, 4) is 0 Å². The van der Waals surface area contributed by atoms with Gasteiger partial charge in [0.2, 0.25) is 0 Å². The summed E-state index contributed by atoms with van der Waals surface area (Å²) < 4.78 is 0. The van der Waals surface area contributed by atoms with Gasteiger partial charge in [-0.25, -0.2) is 0 Å². The molecule has 0 saturated carbocycles. The van der Waals surface area contributed by atoms with Crippen molar-refractivity contribution >= 4 is 22.5 Å². The van der Waals surface area contributed by atoms with E-state index in [0.717, 1.165) is 42.0 Å². The van der Waals surface area contributed by atoms with Crippen molar-refractivity contribution in [1.82, 2.24) is 9.88 Å². The van der Waals surface area contributed by atoms with Gasteiger partial charge in [0, 0.05) is 42.3 Å². The van der Waals surface area contributed by atoms with E-state index in [0.29, 0.717) is 0 Å². The van der Waals surface area contributed by atoms with Crippen LogP contribution in [0.15, 0.2) is 78.9 Å². The predicted octanol–water partition coefficient (Wildman–Crippen LogP) is 4.45. The zero-order valence-corrected chi connectivity index (χ0v) is 16.9. The third-order valence-corrected chi connectivity index (χ3v) is 6.77. The zero-order valence-electron chi connectivity index (χ0n) is 16.9. The molecule has 1 spiro atoms. The van der Waals surface area contributed by atoms with Crippen molar-refractivity contribution in [2.75, 3.05) is 18.5 Å². The standard InChI is InChI=1S/C26H23N3O/c1-28-23-14-8-6-12-21(23)26(25(28)30)24-20(19-11-5-7-13-22(19)27-24)15-16-29(26)17-18-9-3-2-4-10-18/h2-14,27H,15-17H2,1H3/t26-/m0/s1. The van der Waals surface area contributed by atoms with Crippen LogP contribution in [0.3, 0.4) is 0 Å². The largest absolute Gasteiger partial charge is 0.356 e. The van der Waals surface area contributed by atoms with Crippen molar-refractivity contribution in [3.05, 3.63) is 101 Å². The van der Waals surface area contributed by atoms with Crippen molar-refractivity contribution in [1.29, 1.82) is 0 Å². The Bertz CT molecular complexity index is 1280. The Morgan fingerprint density at radius 3 is 2.53 bits per heavy atom. The number of hydrogen-bond donors (Lipinski definition) is 1. The van der Waals surface area contributed by atoms with Crippen LogP contribution >= 0.6 is 0 Å². The minimum absolute atomic E-state index is 0.118. The summed E-state index contributed by atoms with van der Waals surface area (Å²) in [5.41, 5.74) is 5.86. The number of aromatic nitrogens is 1. The number of likely N-dealkylation sites (N-methyl/N-ethyl adjacent to an activating group) is 1. The fourth-order valence-corrected chi connectivity index (χ4v) is 5.43.